The minimum absolute atomic E-state index is 0.226. The molecule has 0 fully saturated rings. The molecule has 4 heteroatoms. The molecule has 1 atom stereocenters. The first-order valence-electron chi connectivity index (χ1n) is 6.95. The summed E-state index contributed by atoms with van der Waals surface area (Å²) < 4.78 is 25.8. The fourth-order valence-electron chi connectivity index (χ4n) is 2.20. The smallest absolute Gasteiger partial charge is 0.123 e. The van der Waals surface area contributed by atoms with Crippen molar-refractivity contribution in [2.24, 2.45) is 0 Å². The summed E-state index contributed by atoms with van der Waals surface area (Å²) in [5.41, 5.74) is 2.69. The summed E-state index contributed by atoms with van der Waals surface area (Å²) in [6, 6.07) is 10.6. The quantitative estimate of drug-likeness (QED) is 0.801. The molecule has 2 rings (SSSR count). The molecule has 2 aromatic rings. The molecule has 0 saturated carbocycles. The molecule has 1 unspecified atom stereocenters. The van der Waals surface area contributed by atoms with Crippen LogP contribution in [0.3, 0.4) is 0 Å². The average Bonchev–Trinajstić information content (AvgIpc) is 2.46. The highest BCUT2D eigenvalue weighted by Crippen LogP contribution is 2.13. The molecule has 0 bridgehead atoms. The zero-order chi connectivity index (χ0) is 15.2. The molecule has 0 aliphatic heterocycles. The minimum atomic E-state index is -0.667. The molecule has 0 aliphatic carbocycles. The zero-order valence-corrected chi connectivity index (χ0v) is 11.9. The molecule has 21 heavy (non-hydrogen) atoms. The predicted molar refractivity (Wildman–Crippen MR) is 79.1 cm³/mol. The molecule has 0 aromatic heterocycles. The Morgan fingerprint density at radius 1 is 1.05 bits per heavy atom. The van der Waals surface area contributed by atoms with E-state index in [1.807, 2.05) is 6.92 Å². The SMILES string of the molecule is Cc1cc(F)ccc1CCNCC(O)c1ccc(F)cc1. The van der Waals surface area contributed by atoms with E-state index in [9.17, 15) is 13.9 Å². The lowest BCUT2D eigenvalue weighted by Gasteiger charge is -2.13. The maximum atomic E-state index is 13.0. The van der Waals surface area contributed by atoms with Crippen molar-refractivity contribution in [2.45, 2.75) is 19.4 Å². The van der Waals surface area contributed by atoms with Crippen LogP contribution in [0.5, 0.6) is 0 Å². The lowest BCUT2D eigenvalue weighted by atomic mass is 10.1. The van der Waals surface area contributed by atoms with Gasteiger partial charge in [-0.05, 0) is 60.8 Å². The zero-order valence-electron chi connectivity index (χ0n) is 11.9. The largest absolute Gasteiger partial charge is 0.387 e. The van der Waals surface area contributed by atoms with Gasteiger partial charge in [0.2, 0.25) is 0 Å². The Bertz CT molecular complexity index is 584. The van der Waals surface area contributed by atoms with Crippen molar-refractivity contribution >= 4 is 0 Å². The third kappa shape index (κ3) is 4.62. The molecule has 0 aliphatic rings. The highest BCUT2D eigenvalue weighted by molar-refractivity contribution is 5.26. The second-order valence-electron chi connectivity index (χ2n) is 5.09. The average molecular weight is 291 g/mol. The number of aryl methyl sites for hydroxylation is 1. The summed E-state index contributed by atoms with van der Waals surface area (Å²) in [5.74, 6) is -0.540. The van der Waals surface area contributed by atoms with E-state index in [2.05, 4.69) is 5.32 Å². The van der Waals surface area contributed by atoms with Crippen LogP contribution in [0, 0.1) is 18.6 Å². The number of benzene rings is 2. The molecule has 0 amide bonds. The third-order valence-corrected chi connectivity index (χ3v) is 3.47. The van der Waals surface area contributed by atoms with Gasteiger partial charge in [0.05, 0.1) is 6.10 Å². The Morgan fingerprint density at radius 2 is 1.71 bits per heavy atom. The van der Waals surface area contributed by atoms with E-state index < -0.39 is 6.10 Å². The van der Waals surface area contributed by atoms with E-state index in [1.54, 1.807) is 18.2 Å². The Balaban J connectivity index is 1.77. The third-order valence-electron chi connectivity index (χ3n) is 3.47. The van der Waals surface area contributed by atoms with Crippen LogP contribution < -0.4 is 5.32 Å². The number of hydrogen-bond donors (Lipinski definition) is 2. The van der Waals surface area contributed by atoms with Gasteiger partial charge in [0.25, 0.3) is 0 Å². The number of aliphatic hydroxyl groups is 1. The number of nitrogens with one attached hydrogen (secondary N) is 1. The summed E-state index contributed by atoms with van der Waals surface area (Å²) in [4.78, 5) is 0. The van der Waals surface area contributed by atoms with Crippen LogP contribution >= 0.6 is 0 Å². The molecule has 0 saturated heterocycles. The summed E-state index contributed by atoms with van der Waals surface area (Å²) in [6.45, 7) is 2.96. The van der Waals surface area contributed by atoms with Crippen LogP contribution in [0.25, 0.3) is 0 Å². The first kappa shape index (κ1) is 15.6. The Labute approximate surface area is 123 Å². The molecule has 2 nitrogen and oxygen atoms in total. The molecule has 0 heterocycles. The second-order valence-corrected chi connectivity index (χ2v) is 5.09. The van der Waals surface area contributed by atoms with Crippen LogP contribution in [-0.4, -0.2) is 18.2 Å². The number of hydrogen-bond acceptors (Lipinski definition) is 2. The van der Waals surface area contributed by atoms with E-state index in [0.717, 1.165) is 17.5 Å². The summed E-state index contributed by atoms with van der Waals surface area (Å²) in [5, 5.41) is 13.1. The summed E-state index contributed by atoms with van der Waals surface area (Å²) in [6.07, 6.45) is 0.0994. The number of halogens is 2. The lowest BCUT2D eigenvalue weighted by molar-refractivity contribution is 0.175. The second kappa shape index (κ2) is 7.29. The van der Waals surface area contributed by atoms with Gasteiger partial charge >= 0.3 is 0 Å². The number of aliphatic hydroxyl groups excluding tert-OH is 1. The van der Waals surface area contributed by atoms with Gasteiger partial charge in [0.1, 0.15) is 11.6 Å². The van der Waals surface area contributed by atoms with Gasteiger partial charge in [0.15, 0.2) is 0 Å². The molecule has 2 aromatic carbocycles. The van der Waals surface area contributed by atoms with Crippen LogP contribution in [0.1, 0.15) is 22.8 Å². The van der Waals surface area contributed by atoms with E-state index >= 15 is 0 Å². The maximum absolute atomic E-state index is 13.0. The molecular weight excluding hydrogens is 272 g/mol. The van der Waals surface area contributed by atoms with Crippen molar-refractivity contribution in [2.75, 3.05) is 13.1 Å². The molecule has 0 radical (unpaired) electrons. The highest BCUT2D eigenvalue weighted by Gasteiger charge is 2.07. The Hall–Kier alpha value is -1.78. The van der Waals surface area contributed by atoms with Crippen molar-refractivity contribution in [1.82, 2.24) is 5.32 Å². The van der Waals surface area contributed by atoms with Gasteiger partial charge in [-0.15, -0.1) is 0 Å². The fourth-order valence-corrected chi connectivity index (χ4v) is 2.20. The summed E-state index contributed by atoms with van der Waals surface area (Å²) >= 11 is 0. The van der Waals surface area contributed by atoms with Crippen molar-refractivity contribution in [1.29, 1.82) is 0 Å². The van der Waals surface area contributed by atoms with E-state index in [-0.39, 0.29) is 11.6 Å². The highest BCUT2D eigenvalue weighted by atomic mass is 19.1. The number of rotatable bonds is 6. The van der Waals surface area contributed by atoms with E-state index in [4.69, 9.17) is 0 Å². The molecule has 0 spiro atoms. The molecule has 112 valence electrons. The van der Waals surface area contributed by atoms with Gasteiger partial charge in [0, 0.05) is 6.54 Å². The van der Waals surface area contributed by atoms with E-state index in [0.29, 0.717) is 18.7 Å². The van der Waals surface area contributed by atoms with Crippen LogP contribution in [0.15, 0.2) is 42.5 Å². The topological polar surface area (TPSA) is 32.3 Å². The predicted octanol–water partition coefficient (Wildman–Crippen LogP) is 3.14. The first-order chi connectivity index (χ1) is 10.1. The Morgan fingerprint density at radius 3 is 2.38 bits per heavy atom. The van der Waals surface area contributed by atoms with Crippen molar-refractivity contribution in [3.8, 4) is 0 Å². The van der Waals surface area contributed by atoms with Crippen LogP contribution in [0.4, 0.5) is 8.78 Å². The van der Waals surface area contributed by atoms with Crippen molar-refractivity contribution < 1.29 is 13.9 Å². The van der Waals surface area contributed by atoms with Crippen LogP contribution in [0.2, 0.25) is 0 Å². The van der Waals surface area contributed by atoms with Crippen molar-refractivity contribution in [3.63, 3.8) is 0 Å². The molecule has 2 N–H and O–H groups in total. The fraction of sp³-hybridized carbons (Fsp3) is 0.294. The lowest BCUT2D eigenvalue weighted by Crippen LogP contribution is -2.24. The summed E-state index contributed by atoms with van der Waals surface area (Å²) in [7, 11) is 0. The molecular formula is C17H19F2NO. The van der Waals surface area contributed by atoms with E-state index in [1.165, 1.54) is 24.3 Å². The van der Waals surface area contributed by atoms with Gasteiger partial charge < -0.3 is 10.4 Å². The van der Waals surface area contributed by atoms with Crippen molar-refractivity contribution in [3.05, 3.63) is 70.8 Å². The standard InChI is InChI=1S/C17H19F2NO/c1-12-10-16(19)7-2-13(12)8-9-20-11-17(21)14-3-5-15(18)6-4-14/h2-7,10,17,20-21H,8-9,11H2,1H3. The van der Waals surface area contributed by atoms with Gasteiger partial charge in [-0.25, -0.2) is 8.78 Å². The first-order valence-corrected chi connectivity index (χ1v) is 6.95. The van der Waals surface area contributed by atoms with Crippen LogP contribution in [-0.2, 0) is 6.42 Å². The normalized spacial score (nSPS) is 12.4. The van der Waals surface area contributed by atoms with Gasteiger partial charge in [-0.1, -0.05) is 18.2 Å². The monoisotopic (exact) mass is 291 g/mol. The minimum Gasteiger partial charge on any atom is -0.387 e. The van der Waals surface area contributed by atoms with Gasteiger partial charge in [-0.3, -0.25) is 0 Å². The Kier molecular flexibility index (Phi) is 5.42. The maximum Gasteiger partial charge on any atom is 0.123 e. The van der Waals surface area contributed by atoms with Gasteiger partial charge in [-0.2, -0.15) is 0 Å².